The summed E-state index contributed by atoms with van der Waals surface area (Å²) in [4.78, 5) is 38.5. The molecule has 3 aliphatic rings. The summed E-state index contributed by atoms with van der Waals surface area (Å²) in [6, 6.07) is 8.53. The van der Waals surface area contributed by atoms with Gasteiger partial charge in [0.05, 0.1) is 30.1 Å². The molecule has 216 valence electrons. The van der Waals surface area contributed by atoms with E-state index in [1.54, 1.807) is 30.7 Å². The molecule has 1 unspecified atom stereocenters. The maximum atomic E-state index is 14.1. The molecular weight excluding hydrogens is 523 g/mol. The van der Waals surface area contributed by atoms with Gasteiger partial charge in [0.2, 0.25) is 5.95 Å². The van der Waals surface area contributed by atoms with Crippen LogP contribution in [0.4, 0.5) is 10.3 Å². The van der Waals surface area contributed by atoms with Gasteiger partial charge in [-0.25, -0.2) is 14.4 Å². The summed E-state index contributed by atoms with van der Waals surface area (Å²) >= 11 is 0. The van der Waals surface area contributed by atoms with Gasteiger partial charge in [-0.3, -0.25) is 14.3 Å². The third kappa shape index (κ3) is 5.44. The van der Waals surface area contributed by atoms with Crippen LogP contribution in [-0.2, 0) is 20.4 Å². The Morgan fingerprint density at radius 2 is 1.76 bits per heavy atom. The highest BCUT2D eigenvalue weighted by Gasteiger charge is 2.48. The fourth-order valence-corrected chi connectivity index (χ4v) is 6.58. The molecule has 1 saturated carbocycles. The second-order valence-electron chi connectivity index (χ2n) is 12.0. The zero-order valence-corrected chi connectivity index (χ0v) is 23.8. The second-order valence-corrected chi connectivity index (χ2v) is 12.0. The molecule has 1 aliphatic carbocycles. The van der Waals surface area contributed by atoms with E-state index in [4.69, 9.17) is 9.84 Å². The number of amides is 1. The van der Waals surface area contributed by atoms with Crippen molar-refractivity contribution in [1.29, 1.82) is 0 Å². The molecule has 0 radical (unpaired) electrons. The molecular formula is C31H37FN6O3. The Morgan fingerprint density at radius 1 is 1.05 bits per heavy atom. The molecule has 41 heavy (non-hydrogen) atoms. The van der Waals surface area contributed by atoms with Crippen LogP contribution in [0.15, 0.2) is 48.9 Å². The number of halogens is 1. The Balaban J connectivity index is 1.22. The summed E-state index contributed by atoms with van der Waals surface area (Å²) < 4.78 is 21.2. The fraction of sp³-hybridized carbons (Fsp3) is 0.516. The van der Waals surface area contributed by atoms with E-state index in [1.807, 2.05) is 11.0 Å². The van der Waals surface area contributed by atoms with Gasteiger partial charge in [0.1, 0.15) is 5.82 Å². The van der Waals surface area contributed by atoms with E-state index in [1.165, 1.54) is 19.1 Å². The number of carbonyl (C=O) groups excluding carboxylic acids is 2. The summed E-state index contributed by atoms with van der Waals surface area (Å²) in [7, 11) is 0. The standard InChI is InChI=1S/C31H37FN6O3/c1-22(39)41-19-13-31(23-4-6-24(32)7-5-23)12-18-37(21-31)28(40)26-20-35-38(27(26)30(2)10-11-30)25-8-16-36(17-9-25)29-33-14-3-15-34-29/h3-7,14-15,20,25H,8-13,16-19,21H2,1-2H3. The molecule has 10 heteroatoms. The van der Waals surface area contributed by atoms with E-state index >= 15 is 0 Å². The molecule has 0 N–H and O–H groups in total. The normalized spacial score (nSPS) is 22.1. The highest BCUT2D eigenvalue weighted by atomic mass is 19.1. The van der Waals surface area contributed by atoms with Gasteiger partial charge in [0.25, 0.3) is 5.91 Å². The Morgan fingerprint density at radius 3 is 2.41 bits per heavy atom. The van der Waals surface area contributed by atoms with Crippen molar-refractivity contribution in [3.05, 3.63) is 71.6 Å². The number of nitrogens with zero attached hydrogens (tertiary/aromatic N) is 6. The third-order valence-corrected chi connectivity index (χ3v) is 9.23. The number of hydrogen-bond acceptors (Lipinski definition) is 7. The molecule has 3 fully saturated rings. The monoisotopic (exact) mass is 560 g/mol. The zero-order valence-electron chi connectivity index (χ0n) is 23.8. The van der Waals surface area contributed by atoms with E-state index in [2.05, 4.69) is 26.5 Å². The number of piperidine rings is 1. The molecule has 3 aromatic rings. The summed E-state index contributed by atoms with van der Waals surface area (Å²) in [5.74, 6) is 0.115. The molecule has 6 rings (SSSR count). The van der Waals surface area contributed by atoms with Crippen LogP contribution in [0.1, 0.15) is 80.0 Å². The lowest BCUT2D eigenvalue weighted by atomic mass is 9.77. The second kappa shape index (κ2) is 10.9. The molecule has 0 spiro atoms. The highest BCUT2D eigenvalue weighted by Crippen LogP contribution is 2.50. The minimum absolute atomic E-state index is 0.00836. The number of aromatic nitrogens is 4. The lowest BCUT2D eigenvalue weighted by Crippen LogP contribution is -2.37. The van der Waals surface area contributed by atoms with Crippen LogP contribution < -0.4 is 4.90 Å². The number of benzene rings is 1. The summed E-state index contributed by atoms with van der Waals surface area (Å²) in [5, 5.41) is 4.83. The van der Waals surface area contributed by atoms with Gasteiger partial charge in [-0.1, -0.05) is 19.1 Å². The first-order valence-corrected chi connectivity index (χ1v) is 14.6. The topological polar surface area (TPSA) is 93.5 Å². The smallest absolute Gasteiger partial charge is 0.302 e. The van der Waals surface area contributed by atoms with Gasteiger partial charge >= 0.3 is 5.97 Å². The number of ether oxygens (including phenoxy) is 1. The average Bonchev–Trinajstić information content (AvgIpc) is 3.37. The number of likely N-dealkylation sites (tertiary alicyclic amines) is 1. The first kappa shape index (κ1) is 27.4. The number of rotatable bonds is 8. The van der Waals surface area contributed by atoms with Crippen LogP contribution in [0.3, 0.4) is 0 Å². The molecule has 1 aromatic carbocycles. The quantitative estimate of drug-likeness (QED) is 0.376. The minimum Gasteiger partial charge on any atom is -0.466 e. The van der Waals surface area contributed by atoms with E-state index in [9.17, 15) is 14.0 Å². The van der Waals surface area contributed by atoms with Crippen molar-refractivity contribution in [3.63, 3.8) is 0 Å². The van der Waals surface area contributed by atoms with E-state index in [0.29, 0.717) is 31.5 Å². The summed E-state index contributed by atoms with van der Waals surface area (Å²) in [6.45, 7) is 6.61. The first-order chi connectivity index (χ1) is 19.8. The van der Waals surface area contributed by atoms with E-state index < -0.39 is 5.41 Å². The van der Waals surface area contributed by atoms with Crippen LogP contribution in [0.5, 0.6) is 0 Å². The van der Waals surface area contributed by atoms with Crippen LogP contribution in [0.25, 0.3) is 0 Å². The molecule has 4 heterocycles. The van der Waals surface area contributed by atoms with Gasteiger partial charge in [-0.15, -0.1) is 0 Å². The third-order valence-electron chi connectivity index (χ3n) is 9.23. The summed E-state index contributed by atoms with van der Waals surface area (Å²) in [5.41, 5.74) is 2.24. The van der Waals surface area contributed by atoms with Crippen LogP contribution in [0, 0.1) is 5.82 Å². The van der Waals surface area contributed by atoms with Gasteiger partial charge in [0, 0.05) is 56.3 Å². The van der Waals surface area contributed by atoms with Crippen molar-refractivity contribution >= 4 is 17.8 Å². The lowest BCUT2D eigenvalue weighted by molar-refractivity contribution is -0.141. The predicted octanol–water partition coefficient (Wildman–Crippen LogP) is 4.44. The molecule has 2 saturated heterocycles. The average molecular weight is 561 g/mol. The Bertz CT molecular complexity index is 1400. The molecule has 1 atom stereocenters. The Kier molecular flexibility index (Phi) is 7.25. The maximum Gasteiger partial charge on any atom is 0.302 e. The van der Waals surface area contributed by atoms with Gasteiger partial charge in [-0.05, 0) is 62.3 Å². The van der Waals surface area contributed by atoms with E-state index in [0.717, 1.165) is 56.0 Å². The van der Waals surface area contributed by atoms with Crippen LogP contribution in [0.2, 0.25) is 0 Å². The first-order valence-electron chi connectivity index (χ1n) is 14.6. The Labute approximate surface area is 239 Å². The predicted molar refractivity (Wildman–Crippen MR) is 151 cm³/mol. The maximum absolute atomic E-state index is 14.1. The minimum atomic E-state index is -0.412. The van der Waals surface area contributed by atoms with Gasteiger partial charge < -0.3 is 14.5 Å². The van der Waals surface area contributed by atoms with Crippen molar-refractivity contribution < 1.29 is 18.7 Å². The van der Waals surface area contributed by atoms with Gasteiger partial charge in [0.15, 0.2) is 0 Å². The molecule has 2 aliphatic heterocycles. The molecule has 0 bridgehead atoms. The lowest BCUT2D eigenvalue weighted by Gasteiger charge is -2.33. The molecule has 9 nitrogen and oxygen atoms in total. The highest BCUT2D eigenvalue weighted by molar-refractivity contribution is 5.96. The zero-order chi connectivity index (χ0) is 28.6. The number of hydrogen-bond donors (Lipinski definition) is 0. The van der Waals surface area contributed by atoms with Crippen molar-refractivity contribution in [2.24, 2.45) is 0 Å². The van der Waals surface area contributed by atoms with Crippen LogP contribution >= 0.6 is 0 Å². The van der Waals surface area contributed by atoms with Crippen molar-refractivity contribution in [2.45, 2.75) is 69.2 Å². The van der Waals surface area contributed by atoms with Crippen molar-refractivity contribution in [3.8, 4) is 0 Å². The number of carbonyl (C=O) groups is 2. The SMILES string of the molecule is CC(=O)OCCC1(c2ccc(F)cc2)CCN(C(=O)c2cnn(C3CCN(c4ncccn4)CC3)c2C2(C)CC2)C1. The number of esters is 1. The largest absolute Gasteiger partial charge is 0.466 e. The van der Waals surface area contributed by atoms with E-state index in [-0.39, 0.29) is 35.8 Å². The van der Waals surface area contributed by atoms with Crippen molar-refractivity contribution in [2.75, 3.05) is 37.7 Å². The summed E-state index contributed by atoms with van der Waals surface area (Å²) in [6.07, 6.45) is 10.5. The molecule has 1 amide bonds. The molecule has 2 aromatic heterocycles. The van der Waals surface area contributed by atoms with Gasteiger partial charge in [-0.2, -0.15) is 5.10 Å². The number of anilines is 1. The van der Waals surface area contributed by atoms with Crippen molar-refractivity contribution in [1.82, 2.24) is 24.6 Å². The fourth-order valence-electron chi connectivity index (χ4n) is 6.58. The Hall–Kier alpha value is -3.82. The van der Waals surface area contributed by atoms with Crippen LogP contribution in [-0.4, -0.2) is 69.3 Å².